The average Bonchev–Trinajstić information content (AvgIpc) is 2.99. The molecule has 3 rings (SSSR count). The number of hydrogen-bond donors (Lipinski definition) is 1. The maximum atomic E-state index is 13.0. The van der Waals surface area contributed by atoms with E-state index in [1.165, 1.54) is 44.6 Å². The van der Waals surface area contributed by atoms with Crippen LogP contribution in [-0.4, -0.2) is 43.7 Å². The monoisotopic (exact) mass is 411 g/mol. The molecule has 8 heteroatoms. The summed E-state index contributed by atoms with van der Waals surface area (Å²) in [6.45, 7) is 2.19. The molecule has 0 saturated heterocycles. The van der Waals surface area contributed by atoms with Gasteiger partial charge in [-0.3, -0.25) is 9.59 Å². The first-order valence-electron chi connectivity index (χ1n) is 9.24. The third kappa shape index (κ3) is 3.71. The molecule has 1 aliphatic rings. The number of nitrogens with zero attached hydrogens (tertiary/aromatic N) is 1. The Morgan fingerprint density at radius 2 is 1.63 bits per heavy atom. The summed E-state index contributed by atoms with van der Waals surface area (Å²) in [5, 5.41) is 10.4. The minimum absolute atomic E-state index is 0.146. The van der Waals surface area contributed by atoms with Crippen molar-refractivity contribution in [3.05, 3.63) is 59.4 Å². The van der Waals surface area contributed by atoms with E-state index in [1.54, 1.807) is 12.1 Å². The van der Waals surface area contributed by atoms with Gasteiger partial charge in [-0.2, -0.15) is 0 Å². The number of imide groups is 1. The molecule has 0 bridgehead atoms. The Morgan fingerprint density at radius 1 is 0.967 bits per heavy atom. The van der Waals surface area contributed by atoms with E-state index in [0.717, 1.165) is 4.90 Å². The Hall–Kier alpha value is -3.81. The van der Waals surface area contributed by atoms with Crippen LogP contribution in [0.3, 0.4) is 0 Å². The molecule has 2 amide bonds. The van der Waals surface area contributed by atoms with Crippen molar-refractivity contribution in [2.75, 3.05) is 25.7 Å². The Balaban J connectivity index is 1.90. The van der Waals surface area contributed by atoms with Gasteiger partial charge in [0.1, 0.15) is 0 Å². The number of ether oxygens (including phenoxy) is 3. The van der Waals surface area contributed by atoms with E-state index >= 15 is 0 Å². The molecule has 1 aliphatic heterocycles. The molecule has 0 fully saturated rings. The molecule has 0 spiro atoms. The van der Waals surface area contributed by atoms with Gasteiger partial charge < -0.3 is 19.3 Å². The Morgan fingerprint density at radius 3 is 2.23 bits per heavy atom. The first-order chi connectivity index (χ1) is 14.4. The first kappa shape index (κ1) is 20.9. The van der Waals surface area contributed by atoms with Gasteiger partial charge in [-0.25, -0.2) is 9.69 Å². The van der Waals surface area contributed by atoms with Crippen molar-refractivity contribution in [1.82, 2.24) is 0 Å². The van der Waals surface area contributed by atoms with Crippen molar-refractivity contribution in [2.24, 2.45) is 0 Å². The Kier molecular flexibility index (Phi) is 6.06. The molecule has 1 N–H and O–H groups in total. The second kappa shape index (κ2) is 8.69. The van der Waals surface area contributed by atoms with E-state index in [9.17, 15) is 19.5 Å². The fraction of sp³-hybridized carbons (Fsp3) is 0.227. The molecular weight excluding hydrogens is 390 g/mol. The second-order valence-corrected chi connectivity index (χ2v) is 6.42. The largest absolute Gasteiger partial charge is 0.502 e. The van der Waals surface area contributed by atoms with Gasteiger partial charge in [0.2, 0.25) is 0 Å². The van der Waals surface area contributed by atoms with Crippen LogP contribution in [-0.2, 0) is 14.3 Å². The zero-order valence-electron chi connectivity index (χ0n) is 16.8. The predicted molar refractivity (Wildman–Crippen MR) is 109 cm³/mol. The molecule has 0 atom stereocenters. The van der Waals surface area contributed by atoms with Gasteiger partial charge in [0, 0.05) is 0 Å². The average molecular weight is 411 g/mol. The van der Waals surface area contributed by atoms with Crippen molar-refractivity contribution in [1.29, 1.82) is 0 Å². The van der Waals surface area contributed by atoms with Crippen LogP contribution in [0.25, 0.3) is 5.57 Å². The van der Waals surface area contributed by atoms with Crippen LogP contribution in [0.1, 0.15) is 29.3 Å². The molecule has 156 valence electrons. The topological polar surface area (TPSA) is 102 Å². The van der Waals surface area contributed by atoms with Crippen LogP contribution < -0.4 is 14.4 Å². The lowest BCUT2D eigenvalue weighted by Gasteiger charge is -2.15. The van der Waals surface area contributed by atoms with E-state index < -0.39 is 23.5 Å². The van der Waals surface area contributed by atoms with Gasteiger partial charge in [0.25, 0.3) is 5.91 Å². The van der Waals surface area contributed by atoms with Gasteiger partial charge >= 0.3 is 11.9 Å². The van der Waals surface area contributed by atoms with E-state index in [0.29, 0.717) is 35.7 Å². The normalized spacial score (nSPS) is 13.6. The molecule has 8 nitrogen and oxygen atoms in total. The highest BCUT2D eigenvalue weighted by molar-refractivity contribution is 6.44. The highest BCUT2D eigenvalue weighted by Crippen LogP contribution is 2.36. The van der Waals surface area contributed by atoms with Crippen LogP contribution in [0.4, 0.5) is 5.69 Å². The summed E-state index contributed by atoms with van der Waals surface area (Å²) in [7, 11) is 2.92. The molecule has 30 heavy (non-hydrogen) atoms. The van der Waals surface area contributed by atoms with Crippen LogP contribution in [0.15, 0.2) is 48.2 Å². The van der Waals surface area contributed by atoms with E-state index in [1.807, 2.05) is 6.92 Å². The number of anilines is 1. The van der Waals surface area contributed by atoms with Gasteiger partial charge in [0.05, 0.1) is 37.7 Å². The highest BCUT2D eigenvalue weighted by Gasteiger charge is 2.40. The fourth-order valence-corrected chi connectivity index (χ4v) is 3.03. The molecule has 0 aliphatic carbocycles. The van der Waals surface area contributed by atoms with E-state index in [2.05, 4.69) is 0 Å². The lowest BCUT2D eigenvalue weighted by atomic mass is 10.0. The van der Waals surface area contributed by atoms with Gasteiger partial charge in [-0.05, 0) is 48.4 Å². The summed E-state index contributed by atoms with van der Waals surface area (Å²) in [5.74, 6) is -1.91. The molecule has 0 radical (unpaired) electrons. The number of amides is 2. The van der Waals surface area contributed by atoms with Gasteiger partial charge in [-0.15, -0.1) is 0 Å². The zero-order valence-corrected chi connectivity index (χ0v) is 16.8. The molecule has 0 saturated carbocycles. The molecule has 0 aromatic heterocycles. The standard InChI is InChI=1S/C22H21NO7/c1-4-11-30-22(27)13-5-8-15(9-6-13)23-20(25)18(19(24)21(23)26)14-7-10-16(28-2)17(12-14)29-3/h5-10,12,24H,4,11H2,1-3H3. The minimum Gasteiger partial charge on any atom is -0.502 e. The van der Waals surface area contributed by atoms with E-state index in [-0.39, 0.29) is 11.3 Å². The number of carbonyl (C=O) groups is 3. The molecule has 2 aromatic carbocycles. The summed E-state index contributed by atoms with van der Waals surface area (Å²) < 4.78 is 15.5. The number of benzene rings is 2. The molecule has 2 aromatic rings. The van der Waals surface area contributed by atoms with Crippen molar-refractivity contribution in [3.63, 3.8) is 0 Å². The van der Waals surface area contributed by atoms with Crippen molar-refractivity contribution in [2.45, 2.75) is 13.3 Å². The lowest BCUT2D eigenvalue weighted by molar-refractivity contribution is -0.121. The van der Waals surface area contributed by atoms with E-state index in [4.69, 9.17) is 14.2 Å². The van der Waals surface area contributed by atoms with Crippen LogP contribution in [0, 0.1) is 0 Å². The highest BCUT2D eigenvalue weighted by atomic mass is 16.5. The van der Waals surface area contributed by atoms with Gasteiger partial charge in [-0.1, -0.05) is 13.0 Å². The van der Waals surface area contributed by atoms with Crippen molar-refractivity contribution >= 4 is 29.0 Å². The number of hydrogen-bond acceptors (Lipinski definition) is 7. The fourth-order valence-electron chi connectivity index (χ4n) is 3.03. The third-order valence-electron chi connectivity index (χ3n) is 4.53. The molecule has 0 unspecified atom stereocenters. The summed E-state index contributed by atoms with van der Waals surface area (Å²) >= 11 is 0. The number of esters is 1. The Labute approximate surface area is 173 Å². The zero-order chi connectivity index (χ0) is 21.8. The SMILES string of the molecule is CCCOC(=O)c1ccc(N2C(=O)C(O)=C(c3ccc(OC)c(OC)c3)C2=O)cc1. The van der Waals surface area contributed by atoms with Crippen LogP contribution >= 0.6 is 0 Å². The predicted octanol–water partition coefficient (Wildman–Crippen LogP) is 3.11. The van der Waals surface area contributed by atoms with Crippen LogP contribution in [0.2, 0.25) is 0 Å². The lowest BCUT2D eigenvalue weighted by Crippen LogP contribution is -2.31. The maximum absolute atomic E-state index is 13.0. The summed E-state index contributed by atoms with van der Waals surface area (Å²) in [6, 6.07) is 10.4. The number of aliphatic hydroxyl groups excluding tert-OH is 1. The summed E-state index contributed by atoms with van der Waals surface area (Å²) in [5.41, 5.74) is 0.681. The Bertz CT molecular complexity index is 1020. The van der Waals surface area contributed by atoms with Crippen LogP contribution in [0.5, 0.6) is 11.5 Å². The maximum Gasteiger partial charge on any atom is 0.338 e. The number of rotatable bonds is 7. The first-order valence-corrected chi connectivity index (χ1v) is 9.24. The van der Waals surface area contributed by atoms with Gasteiger partial charge in [0.15, 0.2) is 17.3 Å². The third-order valence-corrected chi connectivity index (χ3v) is 4.53. The quantitative estimate of drug-likeness (QED) is 0.552. The van der Waals surface area contributed by atoms with Crippen molar-refractivity contribution < 1.29 is 33.7 Å². The molecule has 1 heterocycles. The van der Waals surface area contributed by atoms with Crippen molar-refractivity contribution in [3.8, 4) is 11.5 Å². The summed E-state index contributed by atoms with van der Waals surface area (Å²) in [4.78, 5) is 38.3. The molecular formula is C22H21NO7. The second-order valence-electron chi connectivity index (χ2n) is 6.42. The summed E-state index contributed by atoms with van der Waals surface area (Å²) in [6.07, 6.45) is 0.699. The number of carbonyl (C=O) groups excluding carboxylic acids is 3. The number of methoxy groups -OCH3 is 2. The number of aliphatic hydroxyl groups is 1. The minimum atomic E-state index is -0.855. The smallest absolute Gasteiger partial charge is 0.338 e.